The summed E-state index contributed by atoms with van der Waals surface area (Å²) in [4.78, 5) is 16.9. The normalized spacial score (nSPS) is 11.3. The summed E-state index contributed by atoms with van der Waals surface area (Å²) < 4.78 is 5.92. The summed E-state index contributed by atoms with van der Waals surface area (Å²) in [6, 6.07) is 19.9. The summed E-state index contributed by atoms with van der Waals surface area (Å²) in [5, 5.41) is 6.03. The Labute approximate surface area is 204 Å². The Morgan fingerprint density at radius 2 is 1.79 bits per heavy atom. The molecule has 0 saturated heterocycles. The maximum atomic E-state index is 12.3. The lowest BCUT2D eigenvalue weighted by Crippen LogP contribution is -2.33. The first kappa shape index (κ1) is 23.4. The van der Waals surface area contributed by atoms with Crippen molar-refractivity contribution in [2.75, 3.05) is 5.32 Å². The number of aryl methyl sites for hydroxylation is 2. The molecular weight excluding hydrogens is 442 g/mol. The van der Waals surface area contributed by atoms with Crippen molar-refractivity contribution in [1.29, 1.82) is 0 Å². The second-order valence-electron chi connectivity index (χ2n) is 8.62. The van der Waals surface area contributed by atoms with Crippen LogP contribution in [0.15, 0.2) is 71.2 Å². The monoisotopic (exact) mass is 469 g/mol. The standard InChI is InChI=1S/C28H27N3O2S/c1-17(2)21-11-7-20(8-12-21)9-14-26(32)31-28(34)30-23-16-22(10-6-19(23)4)27-29-24-15-18(3)5-13-25(24)33-27/h5-17H,1-4H3,(H2,30,31,32,34)/b14-9+. The number of aromatic nitrogens is 1. The van der Waals surface area contributed by atoms with Crippen LogP contribution in [0.5, 0.6) is 0 Å². The number of amides is 1. The molecule has 0 fully saturated rings. The smallest absolute Gasteiger partial charge is 0.250 e. The van der Waals surface area contributed by atoms with E-state index in [4.69, 9.17) is 16.6 Å². The van der Waals surface area contributed by atoms with Gasteiger partial charge in [-0.2, -0.15) is 0 Å². The largest absolute Gasteiger partial charge is 0.436 e. The summed E-state index contributed by atoms with van der Waals surface area (Å²) in [7, 11) is 0. The topological polar surface area (TPSA) is 67.2 Å². The van der Waals surface area contributed by atoms with Gasteiger partial charge in [-0.15, -0.1) is 0 Å². The number of hydrogen-bond donors (Lipinski definition) is 2. The SMILES string of the molecule is Cc1ccc2oc(-c3ccc(C)c(NC(=S)NC(=O)/C=C/c4ccc(C(C)C)cc4)c3)nc2c1. The molecule has 3 aromatic carbocycles. The predicted octanol–water partition coefficient (Wildman–Crippen LogP) is 6.76. The van der Waals surface area contributed by atoms with Crippen LogP contribution in [-0.4, -0.2) is 16.0 Å². The minimum atomic E-state index is -0.298. The molecule has 2 N–H and O–H groups in total. The Balaban J connectivity index is 1.42. The van der Waals surface area contributed by atoms with Gasteiger partial charge >= 0.3 is 0 Å². The minimum Gasteiger partial charge on any atom is -0.436 e. The molecule has 0 spiro atoms. The molecule has 172 valence electrons. The van der Waals surface area contributed by atoms with Gasteiger partial charge in [-0.1, -0.05) is 50.2 Å². The summed E-state index contributed by atoms with van der Waals surface area (Å²) >= 11 is 5.36. The highest BCUT2D eigenvalue weighted by Crippen LogP contribution is 2.28. The van der Waals surface area contributed by atoms with Gasteiger partial charge < -0.3 is 9.73 Å². The third kappa shape index (κ3) is 5.58. The first-order chi connectivity index (χ1) is 16.3. The van der Waals surface area contributed by atoms with Gasteiger partial charge in [-0.05, 0) is 84.6 Å². The molecule has 0 aliphatic heterocycles. The van der Waals surface area contributed by atoms with Gasteiger partial charge in [-0.3, -0.25) is 10.1 Å². The van der Waals surface area contributed by atoms with Crippen molar-refractivity contribution in [3.05, 3.63) is 89.0 Å². The summed E-state index contributed by atoms with van der Waals surface area (Å²) in [6.07, 6.45) is 3.24. The predicted molar refractivity (Wildman–Crippen MR) is 143 cm³/mol. The number of rotatable bonds is 5. The van der Waals surface area contributed by atoms with Gasteiger partial charge in [0.1, 0.15) is 5.52 Å². The highest BCUT2D eigenvalue weighted by Gasteiger charge is 2.11. The van der Waals surface area contributed by atoms with Gasteiger partial charge in [0.2, 0.25) is 11.8 Å². The summed E-state index contributed by atoms with van der Waals surface area (Å²) in [6.45, 7) is 8.29. The van der Waals surface area contributed by atoms with E-state index in [0.29, 0.717) is 11.8 Å². The highest BCUT2D eigenvalue weighted by atomic mass is 32.1. The molecule has 0 unspecified atom stereocenters. The number of hydrogen-bond acceptors (Lipinski definition) is 4. The van der Waals surface area contributed by atoms with E-state index >= 15 is 0 Å². The van der Waals surface area contributed by atoms with Crippen molar-refractivity contribution >= 4 is 46.1 Å². The van der Waals surface area contributed by atoms with E-state index in [1.807, 2.05) is 62.4 Å². The number of thiocarbonyl (C=S) groups is 1. The number of benzene rings is 3. The number of nitrogens with zero attached hydrogens (tertiary/aromatic N) is 1. The molecule has 6 heteroatoms. The van der Waals surface area contributed by atoms with Crippen LogP contribution >= 0.6 is 12.2 Å². The van der Waals surface area contributed by atoms with E-state index in [0.717, 1.165) is 39.0 Å². The lowest BCUT2D eigenvalue weighted by molar-refractivity contribution is -0.115. The number of nitrogens with one attached hydrogen (secondary N) is 2. The second kappa shape index (κ2) is 10.0. The molecule has 1 heterocycles. The summed E-state index contributed by atoms with van der Waals surface area (Å²) in [5.74, 6) is 0.706. The molecule has 0 atom stereocenters. The molecule has 4 aromatic rings. The number of carbonyl (C=O) groups is 1. The van der Waals surface area contributed by atoms with Gasteiger partial charge in [0, 0.05) is 17.3 Å². The Morgan fingerprint density at radius 1 is 1.03 bits per heavy atom. The van der Waals surface area contributed by atoms with Crippen molar-refractivity contribution in [3.8, 4) is 11.5 Å². The van der Waals surface area contributed by atoms with Crippen LogP contribution in [0.3, 0.4) is 0 Å². The molecule has 1 amide bonds. The van der Waals surface area contributed by atoms with Gasteiger partial charge in [-0.25, -0.2) is 4.98 Å². The van der Waals surface area contributed by atoms with Crippen molar-refractivity contribution in [3.63, 3.8) is 0 Å². The van der Waals surface area contributed by atoms with Crippen molar-refractivity contribution in [2.45, 2.75) is 33.6 Å². The van der Waals surface area contributed by atoms with E-state index in [1.165, 1.54) is 11.6 Å². The Morgan fingerprint density at radius 3 is 2.53 bits per heavy atom. The molecule has 0 radical (unpaired) electrons. The average Bonchev–Trinajstić information content (AvgIpc) is 3.22. The Kier molecular flexibility index (Phi) is 6.89. The van der Waals surface area contributed by atoms with Crippen LogP contribution in [0, 0.1) is 13.8 Å². The fourth-order valence-electron chi connectivity index (χ4n) is 3.52. The van der Waals surface area contributed by atoms with E-state index in [9.17, 15) is 4.79 Å². The lowest BCUT2D eigenvalue weighted by atomic mass is 10.0. The zero-order valence-corrected chi connectivity index (χ0v) is 20.5. The third-order valence-corrected chi connectivity index (χ3v) is 5.75. The number of carbonyl (C=O) groups excluding carboxylic acids is 1. The molecule has 4 rings (SSSR count). The molecule has 0 bridgehead atoms. The van der Waals surface area contributed by atoms with E-state index < -0.39 is 0 Å². The maximum Gasteiger partial charge on any atom is 0.250 e. The van der Waals surface area contributed by atoms with E-state index in [2.05, 4.69) is 41.6 Å². The van der Waals surface area contributed by atoms with Crippen LogP contribution in [0.25, 0.3) is 28.6 Å². The number of anilines is 1. The van der Waals surface area contributed by atoms with Gasteiger partial charge in [0.05, 0.1) is 0 Å². The molecule has 34 heavy (non-hydrogen) atoms. The molecule has 1 aromatic heterocycles. The Hall–Kier alpha value is -3.77. The van der Waals surface area contributed by atoms with Crippen LogP contribution in [-0.2, 0) is 4.79 Å². The molecule has 5 nitrogen and oxygen atoms in total. The van der Waals surface area contributed by atoms with Gasteiger partial charge in [0.15, 0.2) is 10.7 Å². The van der Waals surface area contributed by atoms with Crippen LogP contribution in [0.1, 0.15) is 42.0 Å². The maximum absolute atomic E-state index is 12.3. The fraction of sp³-hybridized carbons (Fsp3) is 0.179. The van der Waals surface area contributed by atoms with Crippen molar-refractivity contribution in [1.82, 2.24) is 10.3 Å². The van der Waals surface area contributed by atoms with E-state index in [1.54, 1.807) is 6.08 Å². The zero-order valence-electron chi connectivity index (χ0n) is 19.7. The lowest BCUT2D eigenvalue weighted by Gasteiger charge is -2.12. The number of fused-ring (bicyclic) bond motifs is 1. The minimum absolute atomic E-state index is 0.221. The molecule has 0 aliphatic carbocycles. The van der Waals surface area contributed by atoms with Crippen LogP contribution in [0.2, 0.25) is 0 Å². The Bertz CT molecular complexity index is 1380. The third-order valence-electron chi connectivity index (χ3n) is 5.54. The van der Waals surface area contributed by atoms with Crippen molar-refractivity contribution < 1.29 is 9.21 Å². The number of oxazole rings is 1. The van der Waals surface area contributed by atoms with Crippen LogP contribution in [0.4, 0.5) is 5.69 Å². The second-order valence-corrected chi connectivity index (χ2v) is 9.03. The quantitative estimate of drug-likeness (QED) is 0.250. The molecule has 0 aliphatic rings. The van der Waals surface area contributed by atoms with Crippen molar-refractivity contribution in [2.24, 2.45) is 0 Å². The van der Waals surface area contributed by atoms with Gasteiger partial charge in [0.25, 0.3) is 0 Å². The van der Waals surface area contributed by atoms with Crippen LogP contribution < -0.4 is 10.6 Å². The highest BCUT2D eigenvalue weighted by molar-refractivity contribution is 7.80. The fourth-order valence-corrected chi connectivity index (χ4v) is 3.73. The first-order valence-corrected chi connectivity index (χ1v) is 11.6. The summed E-state index contributed by atoms with van der Waals surface area (Å²) in [5.41, 5.74) is 7.47. The molecular formula is C28H27N3O2S. The average molecular weight is 470 g/mol. The van der Waals surface area contributed by atoms with E-state index in [-0.39, 0.29) is 11.0 Å². The first-order valence-electron chi connectivity index (χ1n) is 11.2. The molecule has 0 saturated carbocycles. The zero-order chi connectivity index (χ0) is 24.2.